The molecule has 1 fully saturated rings. The molecular weight excluding hydrogens is 270 g/mol. The highest BCUT2D eigenvalue weighted by Gasteiger charge is 2.18. The Morgan fingerprint density at radius 3 is 2.76 bits per heavy atom. The van der Waals surface area contributed by atoms with Gasteiger partial charge in [-0.15, -0.1) is 0 Å². The van der Waals surface area contributed by atoms with E-state index in [0.717, 1.165) is 25.7 Å². The molecule has 6 heteroatoms. The van der Waals surface area contributed by atoms with Crippen LogP contribution < -0.4 is 5.32 Å². The van der Waals surface area contributed by atoms with Crippen LogP contribution in [0.2, 0.25) is 0 Å². The topological polar surface area (TPSA) is 84.2 Å². The fourth-order valence-corrected chi connectivity index (χ4v) is 2.70. The number of aliphatic carboxylic acids is 1. The lowest BCUT2D eigenvalue weighted by Gasteiger charge is -2.08. The Morgan fingerprint density at radius 1 is 1.29 bits per heavy atom. The molecule has 1 amide bonds. The zero-order valence-corrected chi connectivity index (χ0v) is 12.3. The Labute approximate surface area is 124 Å². The summed E-state index contributed by atoms with van der Waals surface area (Å²) in [5, 5.41) is 15.7. The van der Waals surface area contributed by atoms with Gasteiger partial charge in [0, 0.05) is 19.2 Å². The molecule has 2 N–H and O–H groups in total. The summed E-state index contributed by atoms with van der Waals surface area (Å²) < 4.78 is 1.91. The fraction of sp³-hybridized carbons (Fsp3) is 0.667. The summed E-state index contributed by atoms with van der Waals surface area (Å²) in [6.45, 7) is 0.564. The van der Waals surface area contributed by atoms with Crippen LogP contribution in [0, 0.1) is 0 Å². The number of aromatic nitrogens is 2. The molecule has 1 aromatic rings. The molecule has 0 aliphatic heterocycles. The number of carboxylic acids is 1. The molecule has 1 aliphatic carbocycles. The van der Waals surface area contributed by atoms with Crippen LogP contribution in [0.5, 0.6) is 0 Å². The molecule has 0 atom stereocenters. The smallest absolute Gasteiger partial charge is 0.303 e. The van der Waals surface area contributed by atoms with Crippen molar-refractivity contribution in [2.24, 2.45) is 0 Å². The van der Waals surface area contributed by atoms with Crippen LogP contribution in [0.3, 0.4) is 0 Å². The van der Waals surface area contributed by atoms with Crippen molar-refractivity contribution in [3.8, 4) is 0 Å². The summed E-state index contributed by atoms with van der Waals surface area (Å²) in [6.07, 6.45) is 9.11. The lowest BCUT2D eigenvalue weighted by Crippen LogP contribution is -2.25. The number of hydrogen-bond donors (Lipinski definition) is 2. The van der Waals surface area contributed by atoms with Crippen LogP contribution in [0.1, 0.15) is 67.9 Å². The first kappa shape index (κ1) is 15.5. The van der Waals surface area contributed by atoms with Crippen molar-refractivity contribution in [1.29, 1.82) is 0 Å². The first-order valence-corrected chi connectivity index (χ1v) is 7.72. The van der Waals surface area contributed by atoms with Crippen LogP contribution in [-0.4, -0.2) is 33.3 Å². The Morgan fingerprint density at radius 2 is 2.05 bits per heavy atom. The molecule has 1 heterocycles. The molecule has 0 aromatic carbocycles. The molecule has 0 saturated heterocycles. The van der Waals surface area contributed by atoms with Gasteiger partial charge in [0.15, 0.2) is 0 Å². The third kappa shape index (κ3) is 4.88. The van der Waals surface area contributed by atoms with Gasteiger partial charge in [-0.2, -0.15) is 5.10 Å². The average molecular weight is 293 g/mol. The number of nitrogens with one attached hydrogen (secondary N) is 1. The van der Waals surface area contributed by atoms with E-state index in [-0.39, 0.29) is 12.3 Å². The molecule has 0 bridgehead atoms. The van der Waals surface area contributed by atoms with Crippen molar-refractivity contribution in [2.45, 2.75) is 57.4 Å². The van der Waals surface area contributed by atoms with Crippen molar-refractivity contribution in [1.82, 2.24) is 15.1 Å². The lowest BCUT2D eigenvalue weighted by molar-refractivity contribution is -0.137. The zero-order valence-electron chi connectivity index (χ0n) is 12.3. The molecule has 6 nitrogen and oxygen atoms in total. The van der Waals surface area contributed by atoms with Gasteiger partial charge in [-0.3, -0.25) is 14.3 Å². The first-order valence-electron chi connectivity index (χ1n) is 7.72. The standard InChI is InChI=1S/C15H23N3O3/c19-14(20)8-2-1-5-10-16-15(21)13-9-11-18(17-13)12-6-3-4-7-12/h9,11-12H,1-8,10H2,(H,16,21)(H,19,20). The van der Waals surface area contributed by atoms with Crippen LogP contribution >= 0.6 is 0 Å². The average Bonchev–Trinajstić information content (AvgIpc) is 3.11. The fourth-order valence-electron chi connectivity index (χ4n) is 2.70. The SMILES string of the molecule is O=C(O)CCCCCNC(=O)c1ccn(C2CCCC2)n1. The minimum absolute atomic E-state index is 0.148. The molecule has 1 aliphatic rings. The quantitative estimate of drug-likeness (QED) is 0.721. The van der Waals surface area contributed by atoms with Crippen LogP contribution in [0.25, 0.3) is 0 Å². The minimum atomic E-state index is -0.767. The van der Waals surface area contributed by atoms with Crippen LogP contribution in [0.4, 0.5) is 0 Å². The lowest BCUT2D eigenvalue weighted by atomic mass is 10.2. The van der Waals surface area contributed by atoms with Crippen LogP contribution in [0.15, 0.2) is 12.3 Å². The number of hydrogen-bond acceptors (Lipinski definition) is 3. The third-order valence-corrected chi connectivity index (χ3v) is 3.89. The normalized spacial score (nSPS) is 15.2. The number of unbranched alkanes of at least 4 members (excludes halogenated alkanes) is 2. The van der Waals surface area contributed by atoms with E-state index in [2.05, 4.69) is 10.4 Å². The maximum absolute atomic E-state index is 11.9. The number of carbonyl (C=O) groups is 2. The van der Waals surface area contributed by atoms with E-state index in [0.29, 0.717) is 24.7 Å². The van der Waals surface area contributed by atoms with Gasteiger partial charge < -0.3 is 10.4 Å². The van der Waals surface area contributed by atoms with Gasteiger partial charge in [-0.25, -0.2) is 0 Å². The maximum atomic E-state index is 11.9. The van der Waals surface area contributed by atoms with Gasteiger partial charge in [0.25, 0.3) is 5.91 Å². The predicted molar refractivity (Wildman–Crippen MR) is 78.2 cm³/mol. The zero-order chi connectivity index (χ0) is 15.1. The number of carboxylic acid groups (broad SMARTS) is 1. The second-order valence-electron chi connectivity index (χ2n) is 5.58. The molecule has 0 radical (unpaired) electrons. The van der Waals surface area contributed by atoms with Crippen molar-refractivity contribution >= 4 is 11.9 Å². The summed E-state index contributed by atoms with van der Waals surface area (Å²) in [4.78, 5) is 22.3. The molecule has 2 rings (SSSR count). The van der Waals surface area contributed by atoms with Gasteiger partial charge in [-0.1, -0.05) is 19.3 Å². The molecule has 0 spiro atoms. The first-order chi connectivity index (χ1) is 10.2. The van der Waals surface area contributed by atoms with Crippen molar-refractivity contribution in [3.63, 3.8) is 0 Å². The summed E-state index contributed by atoms with van der Waals surface area (Å²) in [5.74, 6) is -0.915. The van der Waals surface area contributed by atoms with Gasteiger partial charge >= 0.3 is 5.97 Å². The predicted octanol–water partition coefficient (Wildman–Crippen LogP) is 2.37. The number of carbonyl (C=O) groups excluding carboxylic acids is 1. The Hall–Kier alpha value is -1.85. The summed E-state index contributed by atoms with van der Waals surface area (Å²) >= 11 is 0. The Balaban J connectivity index is 1.67. The second kappa shape index (κ2) is 7.81. The minimum Gasteiger partial charge on any atom is -0.481 e. The second-order valence-corrected chi connectivity index (χ2v) is 5.58. The highest BCUT2D eigenvalue weighted by molar-refractivity contribution is 5.92. The van der Waals surface area contributed by atoms with Crippen molar-refractivity contribution in [3.05, 3.63) is 18.0 Å². The van der Waals surface area contributed by atoms with E-state index in [4.69, 9.17) is 5.11 Å². The van der Waals surface area contributed by atoms with E-state index in [1.165, 1.54) is 12.8 Å². The monoisotopic (exact) mass is 293 g/mol. The van der Waals surface area contributed by atoms with E-state index < -0.39 is 5.97 Å². The van der Waals surface area contributed by atoms with E-state index in [9.17, 15) is 9.59 Å². The molecule has 1 aromatic heterocycles. The summed E-state index contributed by atoms with van der Waals surface area (Å²) in [6, 6.07) is 2.21. The molecule has 21 heavy (non-hydrogen) atoms. The van der Waals surface area contributed by atoms with Gasteiger partial charge in [0.1, 0.15) is 5.69 Å². The Bertz CT molecular complexity index is 478. The van der Waals surface area contributed by atoms with Gasteiger partial charge in [0.2, 0.25) is 0 Å². The summed E-state index contributed by atoms with van der Waals surface area (Å²) in [5.41, 5.74) is 0.465. The third-order valence-electron chi connectivity index (χ3n) is 3.89. The maximum Gasteiger partial charge on any atom is 0.303 e. The van der Waals surface area contributed by atoms with E-state index >= 15 is 0 Å². The van der Waals surface area contributed by atoms with E-state index in [1.54, 1.807) is 6.07 Å². The molecular formula is C15H23N3O3. The molecule has 1 saturated carbocycles. The van der Waals surface area contributed by atoms with Gasteiger partial charge in [-0.05, 0) is 31.7 Å². The number of rotatable bonds is 8. The van der Waals surface area contributed by atoms with E-state index in [1.807, 2.05) is 10.9 Å². The largest absolute Gasteiger partial charge is 0.481 e. The number of amides is 1. The summed E-state index contributed by atoms with van der Waals surface area (Å²) in [7, 11) is 0. The van der Waals surface area contributed by atoms with Crippen molar-refractivity contribution < 1.29 is 14.7 Å². The van der Waals surface area contributed by atoms with Gasteiger partial charge in [0.05, 0.1) is 6.04 Å². The molecule has 0 unspecified atom stereocenters. The Kier molecular flexibility index (Phi) is 5.78. The molecule has 116 valence electrons. The highest BCUT2D eigenvalue weighted by atomic mass is 16.4. The van der Waals surface area contributed by atoms with Crippen molar-refractivity contribution in [2.75, 3.05) is 6.54 Å². The number of nitrogens with zero attached hydrogens (tertiary/aromatic N) is 2. The highest BCUT2D eigenvalue weighted by Crippen LogP contribution is 2.28. The van der Waals surface area contributed by atoms with Crippen LogP contribution in [-0.2, 0) is 4.79 Å².